The summed E-state index contributed by atoms with van der Waals surface area (Å²) >= 11 is 6.32. The van der Waals surface area contributed by atoms with E-state index in [9.17, 15) is 4.79 Å². The van der Waals surface area contributed by atoms with Gasteiger partial charge >= 0.3 is 0 Å². The average Bonchev–Trinajstić information content (AvgIpc) is 3.19. The maximum Gasteiger partial charge on any atom is 0.224 e. The van der Waals surface area contributed by atoms with Gasteiger partial charge in [-0.2, -0.15) is 0 Å². The number of amides is 1. The van der Waals surface area contributed by atoms with Crippen LogP contribution in [0.25, 0.3) is 0 Å². The quantitative estimate of drug-likeness (QED) is 0.856. The van der Waals surface area contributed by atoms with Gasteiger partial charge in [-0.1, -0.05) is 43.6 Å². The number of piperidine rings is 1. The molecule has 5 heteroatoms. The number of rotatable bonds is 4. The van der Waals surface area contributed by atoms with Gasteiger partial charge in [0.15, 0.2) is 0 Å². The van der Waals surface area contributed by atoms with Crippen molar-refractivity contribution in [1.29, 1.82) is 0 Å². The zero-order valence-electron chi connectivity index (χ0n) is 13.8. The van der Waals surface area contributed by atoms with Gasteiger partial charge in [-0.15, -0.1) is 12.4 Å². The first-order valence-corrected chi connectivity index (χ1v) is 8.67. The molecule has 2 aliphatic rings. The fourth-order valence-corrected chi connectivity index (χ4v) is 4.03. The molecule has 128 valence electrons. The summed E-state index contributed by atoms with van der Waals surface area (Å²) in [6.07, 6.45) is 3.31. The van der Waals surface area contributed by atoms with Crippen LogP contribution in [-0.2, 0) is 4.79 Å². The van der Waals surface area contributed by atoms with Crippen LogP contribution in [0.4, 0.5) is 0 Å². The van der Waals surface area contributed by atoms with E-state index in [1.165, 1.54) is 0 Å². The van der Waals surface area contributed by atoms with Crippen molar-refractivity contribution >= 4 is 29.9 Å². The predicted molar refractivity (Wildman–Crippen MR) is 97.1 cm³/mol. The van der Waals surface area contributed by atoms with Gasteiger partial charge in [0.2, 0.25) is 5.91 Å². The van der Waals surface area contributed by atoms with E-state index in [2.05, 4.69) is 24.5 Å². The lowest BCUT2D eigenvalue weighted by molar-refractivity contribution is -0.124. The summed E-state index contributed by atoms with van der Waals surface area (Å²) in [6.45, 7) is 6.34. The van der Waals surface area contributed by atoms with E-state index < -0.39 is 0 Å². The lowest BCUT2D eigenvalue weighted by atomic mass is 9.91. The van der Waals surface area contributed by atoms with Crippen molar-refractivity contribution in [2.75, 3.05) is 13.1 Å². The van der Waals surface area contributed by atoms with Gasteiger partial charge in [-0.05, 0) is 55.3 Å². The van der Waals surface area contributed by atoms with Gasteiger partial charge in [0.25, 0.3) is 0 Å². The first kappa shape index (κ1) is 18.6. The van der Waals surface area contributed by atoms with E-state index in [4.69, 9.17) is 11.6 Å². The Bertz CT molecular complexity index is 556. The zero-order chi connectivity index (χ0) is 15.7. The number of hydrogen-bond donors (Lipinski definition) is 2. The Morgan fingerprint density at radius 2 is 1.96 bits per heavy atom. The molecule has 3 rings (SSSR count). The van der Waals surface area contributed by atoms with Crippen LogP contribution in [0.3, 0.4) is 0 Å². The molecular weight excluding hydrogens is 331 g/mol. The Balaban J connectivity index is 0.00000192. The van der Waals surface area contributed by atoms with Gasteiger partial charge in [0, 0.05) is 10.9 Å². The molecule has 2 fully saturated rings. The highest BCUT2D eigenvalue weighted by molar-refractivity contribution is 6.31. The van der Waals surface area contributed by atoms with Crippen LogP contribution in [0.2, 0.25) is 5.02 Å². The first-order valence-electron chi connectivity index (χ1n) is 8.29. The van der Waals surface area contributed by atoms with E-state index in [1.54, 1.807) is 0 Å². The summed E-state index contributed by atoms with van der Waals surface area (Å²) < 4.78 is 0. The molecule has 0 aromatic heterocycles. The van der Waals surface area contributed by atoms with Crippen molar-refractivity contribution in [1.82, 2.24) is 10.6 Å². The smallest absolute Gasteiger partial charge is 0.224 e. The third-order valence-corrected chi connectivity index (χ3v) is 5.65. The van der Waals surface area contributed by atoms with Crippen molar-refractivity contribution < 1.29 is 4.79 Å². The van der Waals surface area contributed by atoms with Gasteiger partial charge in [-0.25, -0.2) is 0 Å². The monoisotopic (exact) mass is 356 g/mol. The average molecular weight is 357 g/mol. The number of halogens is 2. The SMILES string of the molecule is CC(C)C(NC(=O)C1CC12CCNCC2)c1ccccc1Cl.Cl. The van der Waals surface area contributed by atoms with Crippen LogP contribution >= 0.6 is 24.0 Å². The molecule has 2 unspecified atom stereocenters. The van der Waals surface area contributed by atoms with E-state index in [-0.39, 0.29) is 35.7 Å². The molecule has 2 atom stereocenters. The van der Waals surface area contributed by atoms with E-state index in [0.717, 1.165) is 42.9 Å². The number of carbonyl (C=O) groups is 1. The number of hydrogen-bond acceptors (Lipinski definition) is 2. The molecule has 1 amide bonds. The highest BCUT2D eigenvalue weighted by Gasteiger charge is 2.57. The molecule has 1 aromatic rings. The third kappa shape index (κ3) is 3.84. The fourth-order valence-electron chi connectivity index (χ4n) is 3.78. The largest absolute Gasteiger partial charge is 0.349 e. The van der Waals surface area contributed by atoms with Crippen molar-refractivity contribution in [3.8, 4) is 0 Å². The molecule has 1 aliphatic heterocycles. The van der Waals surface area contributed by atoms with Crippen LogP contribution in [0, 0.1) is 17.3 Å². The van der Waals surface area contributed by atoms with Crippen molar-refractivity contribution in [2.45, 2.75) is 39.2 Å². The molecule has 1 aliphatic carbocycles. The molecular formula is C18H26Cl2N2O. The van der Waals surface area contributed by atoms with E-state index in [0.29, 0.717) is 5.92 Å². The standard InChI is InChI=1S/C18H25ClN2O.ClH/c1-12(2)16(13-5-3-4-6-15(13)19)21-17(22)14-11-18(14)7-9-20-10-8-18;/h3-6,12,14,16,20H,7-11H2,1-2H3,(H,21,22);1H. The molecule has 0 radical (unpaired) electrons. The second kappa shape index (κ2) is 7.42. The fraction of sp³-hybridized carbons (Fsp3) is 0.611. The summed E-state index contributed by atoms with van der Waals surface area (Å²) in [5, 5.41) is 7.38. The minimum atomic E-state index is -0.0134. The zero-order valence-corrected chi connectivity index (χ0v) is 15.3. The summed E-state index contributed by atoms with van der Waals surface area (Å²) in [7, 11) is 0. The lowest BCUT2D eigenvalue weighted by Gasteiger charge is -2.26. The summed E-state index contributed by atoms with van der Waals surface area (Å²) in [4.78, 5) is 12.7. The number of benzene rings is 1. The Morgan fingerprint density at radius 1 is 1.30 bits per heavy atom. The van der Waals surface area contributed by atoms with Gasteiger partial charge in [-0.3, -0.25) is 4.79 Å². The third-order valence-electron chi connectivity index (χ3n) is 5.31. The Labute approximate surface area is 150 Å². The van der Waals surface area contributed by atoms with Crippen molar-refractivity contribution in [3.63, 3.8) is 0 Å². The molecule has 1 saturated heterocycles. The highest BCUT2D eigenvalue weighted by Crippen LogP contribution is 2.58. The Kier molecular flexibility index (Phi) is 5.99. The maximum absolute atomic E-state index is 12.7. The van der Waals surface area contributed by atoms with Crippen LogP contribution in [0.1, 0.15) is 44.7 Å². The predicted octanol–water partition coefficient (Wildman–Crippen LogP) is 3.96. The minimum Gasteiger partial charge on any atom is -0.349 e. The number of nitrogens with one attached hydrogen (secondary N) is 2. The van der Waals surface area contributed by atoms with Crippen LogP contribution in [0.5, 0.6) is 0 Å². The summed E-state index contributed by atoms with van der Waals surface area (Å²) in [5.41, 5.74) is 1.30. The first-order chi connectivity index (χ1) is 10.5. The second-order valence-electron chi connectivity index (χ2n) is 7.12. The maximum atomic E-state index is 12.7. The lowest BCUT2D eigenvalue weighted by Crippen LogP contribution is -2.36. The molecule has 23 heavy (non-hydrogen) atoms. The molecule has 1 heterocycles. The van der Waals surface area contributed by atoms with E-state index >= 15 is 0 Å². The molecule has 1 aromatic carbocycles. The minimum absolute atomic E-state index is 0. The highest BCUT2D eigenvalue weighted by atomic mass is 35.5. The molecule has 0 bridgehead atoms. The summed E-state index contributed by atoms with van der Waals surface area (Å²) in [5.74, 6) is 0.713. The van der Waals surface area contributed by atoms with Gasteiger partial charge < -0.3 is 10.6 Å². The van der Waals surface area contributed by atoms with Crippen LogP contribution in [0.15, 0.2) is 24.3 Å². The second-order valence-corrected chi connectivity index (χ2v) is 7.53. The topological polar surface area (TPSA) is 41.1 Å². The normalized spacial score (nSPS) is 23.2. The molecule has 3 nitrogen and oxygen atoms in total. The molecule has 1 saturated carbocycles. The van der Waals surface area contributed by atoms with Crippen LogP contribution < -0.4 is 10.6 Å². The molecule has 2 N–H and O–H groups in total. The number of carbonyl (C=O) groups excluding carboxylic acids is 1. The van der Waals surface area contributed by atoms with E-state index in [1.807, 2.05) is 24.3 Å². The Morgan fingerprint density at radius 3 is 2.57 bits per heavy atom. The van der Waals surface area contributed by atoms with Crippen molar-refractivity contribution in [2.24, 2.45) is 17.3 Å². The van der Waals surface area contributed by atoms with Crippen molar-refractivity contribution in [3.05, 3.63) is 34.9 Å². The summed E-state index contributed by atoms with van der Waals surface area (Å²) in [6, 6.07) is 7.80. The van der Waals surface area contributed by atoms with Gasteiger partial charge in [0.05, 0.1) is 6.04 Å². The Hall–Kier alpha value is -0.770. The van der Waals surface area contributed by atoms with Crippen LogP contribution in [-0.4, -0.2) is 19.0 Å². The van der Waals surface area contributed by atoms with Gasteiger partial charge in [0.1, 0.15) is 0 Å². The molecule has 1 spiro atoms.